The highest BCUT2D eigenvalue weighted by Crippen LogP contribution is 2.70. The quantitative estimate of drug-likeness (QED) is 0.698. The summed E-state index contributed by atoms with van der Waals surface area (Å²) in [5.74, 6) is 0.840. The van der Waals surface area contributed by atoms with Gasteiger partial charge in [-0.15, -0.1) is 0 Å². The van der Waals surface area contributed by atoms with Crippen molar-refractivity contribution in [2.75, 3.05) is 0 Å². The summed E-state index contributed by atoms with van der Waals surface area (Å²) in [7, 11) is 0. The second kappa shape index (κ2) is 4.17. The SMILES string of the molecule is CC1(C)[C@H]2CC[C@]34C=C[C@](C)(C3)C(=O)C[C@@H]4[C@]2(C)CC(=O)[C@@H]1O. The first-order valence-corrected chi connectivity index (χ1v) is 9.00. The first-order chi connectivity index (χ1) is 10.6. The van der Waals surface area contributed by atoms with Crippen LogP contribution >= 0.6 is 0 Å². The van der Waals surface area contributed by atoms with E-state index in [0.717, 1.165) is 19.3 Å². The minimum atomic E-state index is -0.863. The van der Waals surface area contributed by atoms with Gasteiger partial charge in [0.25, 0.3) is 0 Å². The lowest BCUT2D eigenvalue weighted by atomic mass is 9.40. The van der Waals surface area contributed by atoms with Gasteiger partial charge < -0.3 is 5.11 Å². The Balaban J connectivity index is 1.81. The molecule has 0 aromatic carbocycles. The number of hydrogen-bond acceptors (Lipinski definition) is 3. The van der Waals surface area contributed by atoms with E-state index in [1.54, 1.807) is 0 Å². The maximum atomic E-state index is 12.8. The molecule has 0 amide bonds. The van der Waals surface area contributed by atoms with Crippen LogP contribution in [0.2, 0.25) is 0 Å². The van der Waals surface area contributed by atoms with Gasteiger partial charge in [0.05, 0.1) is 0 Å². The van der Waals surface area contributed by atoms with Crippen LogP contribution < -0.4 is 0 Å². The summed E-state index contributed by atoms with van der Waals surface area (Å²) in [6.07, 6.45) is 7.65. The lowest BCUT2D eigenvalue weighted by Gasteiger charge is -2.64. The van der Waals surface area contributed by atoms with Crippen molar-refractivity contribution in [1.82, 2.24) is 0 Å². The molecule has 4 aliphatic rings. The minimum absolute atomic E-state index is 0.0337. The molecule has 126 valence electrons. The van der Waals surface area contributed by atoms with Crippen molar-refractivity contribution >= 4 is 11.6 Å². The minimum Gasteiger partial charge on any atom is -0.385 e. The van der Waals surface area contributed by atoms with Crippen molar-refractivity contribution in [3.05, 3.63) is 12.2 Å². The number of fused-ring (bicyclic) bond motifs is 3. The average Bonchev–Trinajstić information content (AvgIpc) is 2.75. The molecule has 3 heteroatoms. The Kier molecular flexibility index (Phi) is 2.82. The molecular formula is C20H28O3. The van der Waals surface area contributed by atoms with Crippen molar-refractivity contribution in [2.45, 2.75) is 65.9 Å². The Morgan fingerprint density at radius 1 is 1.09 bits per heavy atom. The lowest BCUT2D eigenvalue weighted by molar-refractivity contribution is -0.185. The van der Waals surface area contributed by atoms with Crippen LogP contribution in [0, 0.1) is 33.5 Å². The largest absolute Gasteiger partial charge is 0.385 e. The molecule has 3 nitrogen and oxygen atoms in total. The van der Waals surface area contributed by atoms with E-state index in [1.807, 2.05) is 13.8 Å². The van der Waals surface area contributed by atoms with Crippen LogP contribution in [-0.2, 0) is 9.59 Å². The smallest absolute Gasteiger partial charge is 0.162 e. The Hall–Kier alpha value is -0.960. The number of rotatable bonds is 0. The van der Waals surface area contributed by atoms with Gasteiger partial charge in [0.15, 0.2) is 5.78 Å². The predicted molar refractivity (Wildman–Crippen MR) is 87.7 cm³/mol. The molecule has 3 fully saturated rings. The van der Waals surface area contributed by atoms with Crippen molar-refractivity contribution in [3.8, 4) is 0 Å². The van der Waals surface area contributed by atoms with Gasteiger partial charge in [-0.2, -0.15) is 0 Å². The fourth-order valence-electron chi connectivity index (χ4n) is 6.97. The van der Waals surface area contributed by atoms with Gasteiger partial charge in [-0.3, -0.25) is 9.59 Å². The molecule has 2 bridgehead atoms. The molecule has 0 aromatic heterocycles. The van der Waals surface area contributed by atoms with Gasteiger partial charge in [0.1, 0.15) is 11.9 Å². The third kappa shape index (κ3) is 1.70. The average molecular weight is 316 g/mol. The molecular weight excluding hydrogens is 288 g/mol. The number of hydrogen-bond donors (Lipinski definition) is 1. The maximum Gasteiger partial charge on any atom is 0.162 e. The Labute approximate surface area is 138 Å². The highest BCUT2D eigenvalue weighted by molar-refractivity contribution is 5.90. The van der Waals surface area contributed by atoms with Gasteiger partial charge in [-0.05, 0) is 48.9 Å². The van der Waals surface area contributed by atoms with Crippen molar-refractivity contribution in [3.63, 3.8) is 0 Å². The van der Waals surface area contributed by atoms with E-state index >= 15 is 0 Å². The van der Waals surface area contributed by atoms with Crippen LogP contribution in [0.15, 0.2) is 12.2 Å². The Morgan fingerprint density at radius 3 is 2.48 bits per heavy atom. The summed E-state index contributed by atoms with van der Waals surface area (Å²) >= 11 is 0. The van der Waals surface area contributed by atoms with Crippen LogP contribution in [0.3, 0.4) is 0 Å². The second-order valence-corrected chi connectivity index (χ2v) is 9.80. The van der Waals surface area contributed by atoms with E-state index in [2.05, 4.69) is 26.0 Å². The van der Waals surface area contributed by atoms with Gasteiger partial charge >= 0.3 is 0 Å². The normalized spacial score (nSPS) is 53.9. The summed E-state index contributed by atoms with van der Waals surface area (Å²) in [5, 5.41) is 10.4. The molecule has 4 aliphatic carbocycles. The van der Waals surface area contributed by atoms with Crippen molar-refractivity contribution in [2.24, 2.45) is 33.5 Å². The van der Waals surface area contributed by atoms with Crippen LogP contribution in [0.25, 0.3) is 0 Å². The summed E-state index contributed by atoms with van der Waals surface area (Å²) in [6.45, 7) is 8.37. The number of carbonyl (C=O) groups is 2. The molecule has 0 aliphatic heterocycles. The molecule has 4 rings (SSSR count). The molecule has 3 saturated carbocycles. The highest BCUT2D eigenvalue weighted by Gasteiger charge is 2.67. The summed E-state index contributed by atoms with van der Waals surface area (Å²) in [4.78, 5) is 25.3. The van der Waals surface area contributed by atoms with Crippen LogP contribution in [0.4, 0.5) is 0 Å². The molecule has 23 heavy (non-hydrogen) atoms. The van der Waals surface area contributed by atoms with Crippen LogP contribution in [-0.4, -0.2) is 22.8 Å². The number of allylic oxidation sites excluding steroid dienone is 2. The molecule has 1 spiro atoms. The number of carbonyl (C=O) groups excluding carboxylic acids is 2. The third-order valence-corrected chi connectivity index (χ3v) is 8.15. The molecule has 0 radical (unpaired) electrons. The van der Waals surface area contributed by atoms with Crippen LogP contribution in [0.1, 0.15) is 59.8 Å². The zero-order valence-corrected chi connectivity index (χ0v) is 14.7. The van der Waals surface area contributed by atoms with Gasteiger partial charge in [-0.25, -0.2) is 0 Å². The number of ketones is 2. The van der Waals surface area contributed by atoms with E-state index in [0.29, 0.717) is 24.5 Å². The molecule has 0 unspecified atom stereocenters. The zero-order chi connectivity index (χ0) is 16.8. The topological polar surface area (TPSA) is 54.4 Å². The standard InChI is InChI=1S/C20H28O3/c1-17(2)13-5-6-20-8-7-18(3,11-20)15(22)9-14(20)19(13,4)10-12(21)16(17)23/h7-8,13-14,16,23H,5-6,9-11H2,1-4H3/t13-,14-,16+,18-,19-,20+/m1/s1. The molecule has 0 aromatic rings. The van der Waals surface area contributed by atoms with Gasteiger partial charge in [0.2, 0.25) is 0 Å². The molecule has 1 N–H and O–H groups in total. The monoisotopic (exact) mass is 316 g/mol. The first kappa shape index (κ1) is 15.6. The lowest BCUT2D eigenvalue weighted by Crippen LogP contribution is -2.63. The van der Waals surface area contributed by atoms with E-state index in [1.165, 1.54) is 0 Å². The number of aliphatic hydroxyl groups excluding tert-OH is 1. The first-order valence-electron chi connectivity index (χ1n) is 9.00. The number of Topliss-reactive ketones (excluding diaryl/α,β-unsaturated/α-hetero) is 2. The summed E-state index contributed by atoms with van der Waals surface area (Å²) < 4.78 is 0. The van der Waals surface area contributed by atoms with Crippen molar-refractivity contribution in [1.29, 1.82) is 0 Å². The predicted octanol–water partition coefficient (Wildman–Crippen LogP) is 3.30. The zero-order valence-electron chi connectivity index (χ0n) is 14.7. The molecule has 0 saturated heterocycles. The fraction of sp³-hybridized carbons (Fsp3) is 0.800. The highest BCUT2D eigenvalue weighted by atomic mass is 16.3. The second-order valence-electron chi connectivity index (χ2n) is 9.80. The Morgan fingerprint density at radius 2 is 1.78 bits per heavy atom. The van der Waals surface area contributed by atoms with Crippen molar-refractivity contribution < 1.29 is 14.7 Å². The number of aliphatic hydroxyl groups is 1. The van der Waals surface area contributed by atoms with Crippen LogP contribution in [0.5, 0.6) is 0 Å². The summed E-state index contributed by atoms with van der Waals surface area (Å²) in [5.41, 5.74) is -0.776. The maximum absolute atomic E-state index is 12.8. The third-order valence-electron chi connectivity index (χ3n) is 8.15. The van der Waals surface area contributed by atoms with Gasteiger partial charge in [0, 0.05) is 23.7 Å². The molecule has 6 atom stereocenters. The fourth-order valence-corrected chi connectivity index (χ4v) is 6.97. The summed E-state index contributed by atoms with van der Waals surface area (Å²) in [6, 6.07) is 0. The van der Waals surface area contributed by atoms with E-state index in [9.17, 15) is 14.7 Å². The van der Waals surface area contributed by atoms with E-state index in [4.69, 9.17) is 0 Å². The Bertz CT molecular complexity index is 633. The molecule has 0 heterocycles. The van der Waals surface area contributed by atoms with Gasteiger partial charge in [-0.1, -0.05) is 32.9 Å². The van der Waals surface area contributed by atoms with E-state index < -0.39 is 11.5 Å². The van der Waals surface area contributed by atoms with E-state index in [-0.39, 0.29) is 27.9 Å².